The number of benzene rings is 1. The monoisotopic (exact) mass is 272 g/mol. The van der Waals surface area contributed by atoms with Gasteiger partial charge in [0.1, 0.15) is 5.78 Å². The molecule has 18 heavy (non-hydrogen) atoms. The first-order chi connectivity index (χ1) is 8.52. The van der Waals surface area contributed by atoms with Crippen molar-refractivity contribution in [1.82, 2.24) is 0 Å². The molecule has 0 aromatic heterocycles. The summed E-state index contributed by atoms with van der Waals surface area (Å²) < 4.78 is 4.23. The van der Waals surface area contributed by atoms with E-state index in [-0.39, 0.29) is 12.2 Å². The van der Waals surface area contributed by atoms with Crippen LogP contribution in [0.5, 0.6) is 0 Å². The molecule has 0 unspecified atom stereocenters. The van der Waals surface area contributed by atoms with E-state index in [2.05, 4.69) is 14.7 Å². The molecule has 0 saturated carbocycles. The van der Waals surface area contributed by atoms with Gasteiger partial charge >= 0.3 is 0 Å². The number of hydrogen-bond donors (Lipinski definition) is 3. The third-order valence-corrected chi connectivity index (χ3v) is 2.54. The van der Waals surface area contributed by atoms with Crippen LogP contribution in [0.3, 0.4) is 0 Å². The number of rotatable bonds is 6. The van der Waals surface area contributed by atoms with Gasteiger partial charge in [-0.05, 0) is 25.1 Å². The number of ketones is 1. The van der Waals surface area contributed by atoms with Gasteiger partial charge < -0.3 is 11.1 Å². The number of hydrogen-bond acceptors (Lipinski definition) is 7. The van der Waals surface area contributed by atoms with Crippen LogP contribution in [0.25, 0.3) is 0 Å². The first-order valence-corrected chi connectivity index (χ1v) is 5.60. The van der Waals surface area contributed by atoms with Crippen LogP contribution in [-0.2, 0) is 19.0 Å². The molecular formula is C10H12N2O5S. The van der Waals surface area contributed by atoms with Crippen molar-refractivity contribution >= 4 is 35.1 Å². The molecule has 1 rings (SSSR count). The molecule has 0 saturated heterocycles. The van der Waals surface area contributed by atoms with Crippen molar-refractivity contribution in [2.45, 2.75) is 18.2 Å². The summed E-state index contributed by atoms with van der Waals surface area (Å²) in [5, 5.41) is 14.0. The lowest BCUT2D eigenvalue weighted by atomic mass is 10.2. The van der Waals surface area contributed by atoms with E-state index in [0.717, 1.165) is 12.0 Å². The van der Waals surface area contributed by atoms with Crippen molar-refractivity contribution in [2.24, 2.45) is 0 Å². The van der Waals surface area contributed by atoms with Crippen LogP contribution in [0.1, 0.15) is 13.3 Å². The number of nitrogens with two attached hydrogens (primary N) is 1. The zero-order valence-corrected chi connectivity index (χ0v) is 10.3. The van der Waals surface area contributed by atoms with Crippen molar-refractivity contribution in [3.05, 3.63) is 18.2 Å². The topological polar surface area (TPSA) is 111 Å². The summed E-state index contributed by atoms with van der Waals surface area (Å²) in [5.74, 6) is -0.626. The highest BCUT2D eigenvalue weighted by Gasteiger charge is 2.08. The van der Waals surface area contributed by atoms with Gasteiger partial charge in [0.15, 0.2) is 0 Å². The lowest BCUT2D eigenvalue weighted by molar-refractivity contribution is -0.432. The fourth-order valence-electron chi connectivity index (χ4n) is 1.19. The molecule has 0 radical (unpaired) electrons. The van der Waals surface area contributed by atoms with Crippen LogP contribution in [-0.4, -0.2) is 16.9 Å². The summed E-state index contributed by atoms with van der Waals surface area (Å²) in [7, 11) is 0. The van der Waals surface area contributed by atoms with Crippen LogP contribution >= 0.6 is 12.0 Å². The highest BCUT2D eigenvalue weighted by atomic mass is 32.2. The van der Waals surface area contributed by atoms with Gasteiger partial charge in [-0.1, -0.05) is 5.04 Å². The van der Waals surface area contributed by atoms with Crippen LogP contribution < -0.4 is 11.1 Å². The van der Waals surface area contributed by atoms with Gasteiger partial charge in [-0.2, -0.15) is 0 Å². The minimum atomic E-state index is -0.405. The van der Waals surface area contributed by atoms with Gasteiger partial charge in [-0.25, -0.2) is 5.26 Å². The van der Waals surface area contributed by atoms with E-state index in [9.17, 15) is 9.59 Å². The molecule has 1 aromatic rings. The Balaban J connectivity index is 2.66. The van der Waals surface area contributed by atoms with Gasteiger partial charge in [-0.15, -0.1) is 4.33 Å². The highest BCUT2D eigenvalue weighted by molar-refractivity contribution is 7.94. The molecule has 7 nitrogen and oxygen atoms in total. The smallest absolute Gasteiger partial charge is 0.231 e. The second kappa shape index (κ2) is 6.97. The number of nitrogen functional groups attached to an aromatic ring is 1. The SMILES string of the molecule is CC(=O)CC(=O)Nc1ccc(SOOO)c(N)c1. The largest absolute Gasteiger partial charge is 0.398 e. The van der Waals surface area contributed by atoms with Gasteiger partial charge in [0.25, 0.3) is 0 Å². The average Bonchev–Trinajstić information content (AvgIpc) is 2.26. The van der Waals surface area contributed by atoms with Crippen molar-refractivity contribution < 1.29 is 24.2 Å². The molecule has 0 spiro atoms. The summed E-state index contributed by atoms with van der Waals surface area (Å²) in [6.07, 6.45) is -0.183. The van der Waals surface area contributed by atoms with Crippen LogP contribution in [0, 0.1) is 0 Å². The Hall–Kier alpha value is -1.61. The fraction of sp³-hybridized carbons (Fsp3) is 0.200. The summed E-state index contributed by atoms with van der Waals surface area (Å²) in [4.78, 5) is 22.6. The van der Waals surface area contributed by atoms with Gasteiger partial charge in [0.2, 0.25) is 5.91 Å². The maximum absolute atomic E-state index is 11.3. The molecule has 0 atom stereocenters. The van der Waals surface area contributed by atoms with Crippen molar-refractivity contribution in [1.29, 1.82) is 0 Å². The van der Waals surface area contributed by atoms with Crippen molar-refractivity contribution in [3.63, 3.8) is 0 Å². The van der Waals surface area contributed by atoms with Crippen molar-refractivity contribution in [2.75, 3.05) is 11.1 Å². The quantitative estimate of drug-likeness (QED) is 0.237. The third kappa shape index (κ3) is 4.72. The lowest BCUT2D eigenvalue weighted by Crippen LogP contribution is -2.14. The summed E-state index contributed by atoms with van der Waals surface area (Å²) in [6, 6.07) is 4.65. The number of anilines is 2. The summed E-state index contributed by atoms with van der Waals surface area (Å²) in [5.41, 5.74) is 6.48. The predicted molar refractivity (Wildman–Crippen MR) is 65.4 cm³/mol. The zero-order valence-electron chi connectivity index (χ0n) is 9.50. The normalized spacial score (nSPS) is 10.1. The second-order valence-corrected chi connectivity index (χ2v) is 4.15. The molecule has 1 amide bonds. The molecule has 0 aliphatic rings. The first kappa shape index (κ1) is 14.5. The Morgan fingerprint density at radius 3 is 2.78 bits per heavy atom. The Morgan fingerprint density at radius 1 is 1.50 bits per heavy atom. The summed E-state index contributed by atoms with van der Waals surface area (Å²) in [6.45, 7) is 1.33. The second-order valence-electron chi connectivity index (χ2n) is 3.41. The minimum Gasteiger partial charge on any atom is -0.398 e. The Bertz CT molecular complexity index is 452. The number of nitrogens with one attached hydrogen (secondary N) is 1. The molecule has 0 aliphatic heterocycles. The first-order valence-electron chi connectivity index (χ1n) is 4.86. The maximum Gasteiger partial charge on any atom is 0.231 e. The van der Waals surface area contributed by atoms with Crippen LogP contribution in [0.4, 0.5) is 11.4 Å². The molecule has 0 fully saturated rings. The number of Topliss-reactive ketones (excluding diaryl/α,β-unsaturated/α-hetero) is 1. The molecule has 0 aliphatic carbocycles. The van der Waals surface area contributed by atoms with Gasteiger partial charge in [-0.3, -0.25) is 9.59 Å². The Morgan fingerprint density at radius 2 is 2.22 bits per heavy atom. The van der Waals surface area contributed by atoms with E-state index in [4.69, 9.17) is 11.0 Å². The van der Waals surface area contributed by atoms with E-state index < -0.39 is 5.91 Å². The van der Waals surface area contributed by atoms with E-state index in [0.29, 0.717) is 16.3 Å². The predicted octanol–water partition coefficient (Wildman–Crippen LogP) is 1.61. The number of carbonyl (C=O) groups excluding carboxylic acids is 2. The fourth-order valence-corrected chi connectivity index (χ4v) is 1.57. The molecule has 0 bridgehead atoms. The average molecular weight is 272 g/mol. The maximum atomic E-state index is 11.3. The molecular weight excluding hydrogens is 260 g/mol. The number of carbonyl (C=O) groups is 2. The van der Waals surface area contributed by atoms with E-state index in [1.54, 1.807) is 12.1 Å². The minimum absolute atomic E-state index is 0.183. The van der Waals surface area contributed by atoms with Crippen LogP contribution in [0.15, 0.2) is 23.1 Å². The molecule has 4 N–H and O–H groups in total. The molecule has 8 heteroatoms. The van der Waals surface area contributed by atoms with Gasteiger partial charge in [0.05, 0.1) is 23.4 Å². The van der Waals surface area contributed by atoms with Crippen molar-refractivity contribution in [3.8, 4) is 0 Å². The van der Waals surface area contributed by atoms with E-state index >= 15 is 0 Å². The molecule has 1 aromatic carbocycles. The molecule has 0 heterocycles. The lowest BCUT2D eigenvalue weighted by Gasteiger charge is -2.07. The standard InChI is InChI=1S/C10H12N2O5S/c1-6(13)4-10(14)12-7-2-3-9(8(11)5-7)18-17-16-15/h2-3,5,15H,4,11H2,1H3,(H,12,14). The molecule has 98 valence electrons. The number of amides is 1. The third-order valence-electron chi connectivity index (χ3n) is 1.86. The Labute approximate surface area is 107 Å². The zero-order chi connectivity index (χ0) is 13.5. The van der Waals surface area contributed by atoms with E-state index in [1.165, 1.54) is 13.0 Å². The van der Waals surface area contributed by atoms with Gasteiger partial charge in [0, 0.05) is 11.4 Å². The summed E-state index contributed by atoms with van der Waals surface area (Å²) >= 11 is 0.721. The Kier molecular flexibility index (Phi) is 5.59. The highest BCUT2D eigenvalue weighted by Crippen LogP contribution is 2.28. The van der Waals surface area contributed by atoms with E-state index in [1.807, 2.05) is 0 Å². The van der Waals surface area contributed by atoms with Crippen LogP contribution in [0.2, 0.25) is 0 Å².